The van der Waals surface area contributed by atoms with Crippen LogP contribution in [0.5, 0.6) is 0 Å². The quantitative estimate of drug-likeness (QED) is 0.610. The molecule has 0 aromatic heterocycles. The van der Waals surface area contributed by atoms with Crippen molar-refractivity contribution in [2.24, 2.45) is 0 Å². The molecule has 0 heterocycles. The Labute approximate surface area is 182 Å². The number of carbonyl (C=O) groups is 3. The molecule has 31 heavy (non-hydrogen) atoms. The number of amides is 1. The summed E-state index contributed by atoms with van der Waals surface area (Å²) in [7, 11) is 0. The lowest BCUT2D eigenvalue weighted by Crippen LogP contribution is -2.28. The van der Waals surface area contributed by atoms with Crippen LogP contribution in [0, 0.1) is 5.82 Å². The number of fused-ring (bicyclic) bond motifs is 1. The fraction of sp³-hybridized carbons (Fsp3) is 0.0417. The van der Waals surface area contributed by atoms with Crippen molar-refractivity contribution in [3.8, 4) is 0 Å². The molecule has 0 unspecified atom stereocenters. The molecule has 7 heteroatoms. The molecule has 0 bridgehead atoms. The molecule has 0 atom stereocenters. The van der Waals surface area contributed by atoms with E-state index in [1.807, 2.05) is 0 Å². The van der Waals surface area contributed by atoms with Crippen LogP contribution in [-0.2, 0) is 6.54 Å². The minimum atomic E-state index is -0.396. The Morgan fingerprint density at radius 1 is 0.839 bits per heavy atom. The van der Waals surface area contributed by atoms with Gasteiger partial charge in [0.2, 0.25) is 11.6 Å². The Balaban J connectivity index is 1.43. The maximum absolute atomic E-state index is 13.0. The van der Waals surface area contributed by atoms with Crippen LogP contribution in [0.15, 0.2) is 83.5 Å². The number of carbonyl (C=O) groups excluding carboxylic acids is 3. The van der Waals surface area contributed by atoms with Gasteiger partial charge >= 0.3 is 0 Å². The van der Waals surface area contributed by atoms with Gasteiger partial charge < -0.3 is 10.6 Å². The van der Waals surface area contributed by atoms with Crippen LogP contribution in [0.1, 0.15) is 36.6 Å². The summed E-state index contributed by atoms with van der Waals surface area (Å²) < 4.78 is 13.0. The number of Topliss-reactive ketones (excluding diaryl/α,β-unsaturated/α-hetero) is 2. The zero-order valence-electron chi connectivity index (χ0n) is 16.1. The summed E-state index contributed by atoms with van der Waals surface area (Å²) in [5.41, 5.74) is 2.35. The van der Waals surface area contributed by atoms with Crippen molar-refractivity contribution in [3.05, 3.63) is 112 Å². The van der Waals surface area contributed by atoms with E-state index in [4.69, 9.17) is 11.6 Å². The predicted octanol–water partition coefficient (Wildman–Crippen LogP) is 4.70. The Hall–Kier alpha value is -3.77. The second kappa shape index (κ2) is 8.53. The molecule has 0 spiro atoms. The summed E-state index contributed by atoms with van der Waals surface area (Å²) in [5.74, 6) is -1.45. The first kappa shape index (κ1) is 20.5. The Morgan fingerprint density at radius 2 is 1.45 bits per heavy atom. The summed E-state index contributed by atoms with van der Waals surface area (Å²) in [5, 5.41) is 5.49. The lowest BCUT2D eigenvalue weighted by Gasteiger charge is -2.19. The van der Waals surface area contributed by atoms with Crippen LogP contribution in [0.4, 0.5) is 10.1 Å². The van der Waals surface area contributed by atoms with E-state index in [1.54, 1.807) is 48.5 Å². The highest BCUT2D eigenvalue weighted by Crippen LogP contribution is 2.27. The number of rotatable bonds is 5. The fourth-order valence-corrected chi connectivity index (χ4v) is 3.46. The van der Waals surface area contributed by atoms with Crippen molar-refractivity contribution in [3.63, 3.8) is 0 Å². The minimum Gasteiger partial charge on any atom is -0.376 e. The highest BCUT2D eigenvalue weighted by atomic mass is 35.5. The van der Waals surface area contributed by atoms with Crippen LogP contribution < -0.4 is 10.6 Å². The third-order valence-corrected chi connectivity index (χ3v) is 5.21. The van der Waals surface area contributed by atoms with E-state index < -0.39 is 5.78 Å². The van der Waals surface area contributed by atoms with E-state index in [0.717, 1.165) is 5.56 Å². The number of hydrogen-bond acceptors (Lipinski definition) is 4. The highest BCUT2D eigenvalue weighted by molar-refractivity contribution is 6.49. The minimum absolute atomic E-state index is 0.0588. The molecule has 0 radical (unpaired) electrons. The molecule has 3 aromatic carbocycles. The largest absolute Gasteiger partial charge is 0.376 e. The van der Waals surface area contributed by atoms with Crippen molar-refractivity contribution in [2.75, 3.05) is 5.32 Å². The third kappa shape index (κ3) is 4.25. The van der Waals surface area contributed by atoms with Gasteiger partial charge in [-0.2, -0.15) is 0 Å². The standard InChI is InChI=1S/C24H16ClFN2O3/c25-20-21(23(30)19-4-2-1-3-18(19)22(20)29)27-13-14-5-7-15(8-6-14)24(31)28-17-11-9-16(26)10-12-17/h1-12,27H,13H2,(H,28,31). The van der Waals surface area contributed by atoms with Gasteiger partial charge in [-0.25, -0.2) is 4.39 Å². The van der Waals surface area contributed by atoms with E-state index in [0.29, 0.717) is 22.4 Å². The topological polar surface area (TPSA) is 75.3 Å². The van der Waals surface area contributed by atoms with E-state index in [1.165, 1.54) is 24.3 Å². The van der Waals surface area contributed by atoms with Gasteiger partial charge in [0, 0.05) is 28.9 Å². The summed E-state index contributed by atoms with van der Waals surface area (Å²) in [6.07, 6.45) is 0. The number of halogens is 2. The van der Waals surface area contributed by atoms with Crippen molar-refractivity contribution in [1.29, 1.82) is 0 Å². The van der Waals surface area contributed by atoms with Gasteiger partial charge in [0.1, 0.15) is 16.5 Å². The molecule has 0 aliphatic heterocycles. The first-order valence-corrected chi connectivity index (χ1v) is 9.80. The monoisotopic (exact) mass is 434 g/mol. The average molecular weight is 435 g/mol. The first-order chi connectivity index (χ1) is 14.9. The maximum atomic E-state index is 13.0. The van der Waals surface area contributed by atoms with Crippen molar-refractivity contribution in [1.82, 2.24) is 5.32 Å². The molecule has 2 N–H and O–H groups in total. The molecule has 1 aliphatic carbocycles. The third-order valence-electron chi connectivity index (χ3n) is 4.85. The van der Waals surface area contributed by atoms with Crippen molar-refractivity contribution < 1.29 is 18.8 Å². The van der Waals surface area contributed by atoms with Crippen LogP contribution in [0.2, 0.25) is 0 Å². The van der Waals surface area contributed by atoms with Crippen molar-refractivity contribution in [2.45, 2.75) is 6.54 Å². The SMILES string of the molecule is O=C(Nc1ccc(F)cc1)c1ccc(CNC2=C(Cl)C(=O)c3ccccc3C2=O)cc1. The Morgan fingerprint density at radius 3 is 2.10 bits per heavy atom. The van der Waals surface area contributed by atoms with E-state index >= 15 is 0 Å². The van der Waals surface area contributed by atoms with E-state index in [-0.39, 0.29) is 34.8 Å². The van der Waals surface area contributed by atoms with Crippen LogP contribution >= 0.6 is 11.6 Å². The Kier molecular flexibility index (Phi) is 5.64. The lowest BCUT2D eigenvalue weighted by atomic mass is 9.92. The Bertz CT molecular complexity index is 1220. The molecule has 1 amide bonds. The zero-order valence-corrected chi connectivity index (χ0v) is 16.9. The van der Waals surface area contributed by atoms with Gasteiger partial charge in [-0.3, -0.25) is 14.4 Å². The molecular weight excluding hydrogens is 419 g/mol. The molecule has 154 valence electrons. The van der Waals surface area contributed by atoms with Gasteiger partial charge in [0.25, 0.3) is 5.91 Å². The molecule has 1 aliphatic rings. The smallest absolute Gasteiger partial charge is 0.255 e. The van der Waals surface area contributed by atoms with Gasteiger partial charge in [-0.05, 0) is 42.0 Å². The molecule has 5 nitrogen and oxygen atoms in total. The van der Waals surface area contributed by atoms with Gasteiger partial charge in [0.15, 0.2) is 0 Å². The van der Waals surface area contributed by atoms with Gasteiger partial charge in [-0.1, -0.05) is 48.0 Å². The van der Waals surface area contributed by atoms with Crippen LogP contribution in [0.25, 0.3) is 0 Å². The molecule has 0 saturated heterocycles. The highest BCUT2D eigenvalue weighted by Gasteiger charge is 2.30. The normalized spacial score (nSPS) is 13.1. The summed E-state index contributed by atoms with van der Waals surface area (Å²) in [4.78, 5) is 37.5. The average Bonchev–Trinajstić information content (AvgIpc) is 2.79. The van der Waals surface area contributed by atoms with Gasteiger partial charge in [-0.15, -0.1) is 0 Å². The number of allylic oxidation sites excluding steroid dienone is 2. The number of ketones is 2. The van der Waals surface area contributed by atoms with E-state index in [9.17, 15) is 18.8 Å². The molecule has 0 fully saturated rings. The summed E-state index contributed by atoms with van der Waals surface area (Å²) in [6.45, 7) is 0.243. The molecule has 0 saturated carbocycles. The first-order valence-electron chi connectivity index (χ1n) is 9.42. The maximum Gasteiger partial charge on any atom is 0.255 e. The molecular formula is C24H16ClFN2O3. The molecule has 4 rings (SSSR count). The number of benzene rings is 3. The predicted molar refractivity (Wildman–Crippen MR) is 116 cm³/mol. The summed E-state index contributed by atoms with van der Waals surface area (Å²) >= 11 is 6.15. The second-order valence-electron chi connectivity index (χ2n) is 6.90. The number of nitrogens with one attached hydrogen (secondary N) is 2. The van der Waals surface area contributed by atoms with Crippen LogP contribution in [-0.4, -0.2) is 17.5 Å². The van der Waals surface area contributed by atoms with Crippen molar-refractivity contribution >= 4 is 34.8 Å². The second-order valence-corrected chi connectivity index (χ2v) is 7.28. The molecule has 3 aromatic rings. The number of anilines is 1. The zero-order chi connectivity index (χ0) is 22.0. The summed E-state index contributed by atoms with van der Waals surface area (Å²) in [6, 6.07) is 18.7. The lowest BCUT2D eigenvalue weighted by molar-refractivity contribution is 0.0974. The fourth-order valence-electron chi connectivity index (χ4n) is 3.20. The van der Waals surface area contributed by atoms with Gasteiger partial charge in [0.05, 0.1) is 0 Å². The van der Waals surface area contributed by atoms with E-state index in [2.05, 4.69) is 10.6 Å². The van der Waals surface area contributed by atoms with Crippen LogP contribution in [0.3, 0.4) is 0 Å². The number of hydrogen-bond donors (Lipinski definition) is 2.